The molecule has 4 rings (SSSR count). The number of likely N-dealkylation sites (tertiary alicyclic amines) is 1. The maximum atomic E-state index is 13.0. The van der Waals surface area contributed by atoms with Gasteiger partial charge in [0.15, 0.2) is 0 Å². The number of rotatable bonds is 8. The Bertz CT molecular complexity index is 1270. The smallest absolute Gasteiger partial charge is 0.295 e. The number of benzene rings is 3. The summed E-state index contributed by atoms with van der Waals surface area (Å²) in [5.41, 5.74) is 3.28. The average molecular weight is 492 g/mol. The molecule has 3 aromatic rings. The van der Waals surface area contributed by atoms with Gasteiger partial charge in [-0.1, -0.05) is 48.0 Å². The van der Waals surface area contributed by atoms with E-state index in [1.165, 1.54) is 12.0 Å². The number of methoxy groups -OCH3 is 1. The van der Waals surface area contributed by atoms with E-state index in [1.807, 2.05) is 31.2 Å². The molecule has 1 aliphatic rings. The molecule has 1 N–H and O–H groups in total. The second kappa shape index (κ2) is 10.8. The van der Waals surface area contributed by atoms with Crippen LogP contribution in [0.5, 0.6) is 5.75 Å². The molecule has 0 spiro atoms. The largest absolute Gasteiger partial charge is 0.507 e. The molecule has 1 unspecified atom stereocenters. The number of carbonyl (C=O) groups excluding carboxylic acids is 2. The Balaban J connectivity index is 1.65. The molecule has 1 amide bonds. The summed E-state index contributed by atoms with van der Waals surface area (Å²) in [6, 6.07) is 20.9. The number of halogens is 1. The van der Waals surface area contributed by atoms with Crippen molar-refractivity contribution in [2.45, 2.75) is 19.6 Å². The van der Waals surface area contributed by atoms with Gasteiger partial charge < -0.3 is 19.5 Å². The third-order valence-electron chi connectivity index (χ3n) is 6.02. The van der Waals surface area contributed by atoms with Crippen molar-refractivity contribution in [2.75, 3.05) is 20.3 Å². The van der Waals surface area contributed by atoms with Crippen LogP contribution in [-0.4, -0.2) is 42.0 Å². The molecule has 0 aliphatic carbocycles. The molecule has 180 valence electrons. The van der Waals surface area contributed by atoms with E-state index >= 15 is 0 Å². The molecule has 1 atom stereocenters. The van der Waals surface area contributed by atoms with Crippen LogP contribution in [0.25, 0.3) is 5.76 Å². The van der Waals surface area contributed by atoms with Crippen molar-refractivity contribution in [3.8, 4) is 5.75 Å². The highest BCUT2D eigenvalue weighted by Crippen LogP contribution is 2.40. The molecule has 6 nitrogen and oxygen atoms in total. The monoisotopic (exact) mass is 491 g/mol. The van der Waals surface area contributed by atoms with Gasteiger partial charge in [0.05, 0.1) is 18.2 Å². The highest BCUT2D eigenvalue weighted by molar-refractivity contribution is 6.46. The van der Waals surface area contributed by atoms with Gasteiger partial charge in [-0.15, -0.1) is 0 Å². The SMILES string of the molecule is COCCN1C(=O)C(=O)C(=C(O)c2ccc(OCc3ccccc3C)cc2)C1c1cccc(Cl)c1. The van der Waals surface area contributed by atoms with Crippen LogP contribution in [0.1, 0.15) is 28.3 Å². The minimum atomic E-state index is -0.777. The van der Waals surface area contributed by atoms with E-state index in [2.05, 4.69) is 0 Å². The lowest BCUT2D eigenvalue weighted by Crippen LogP contribution is -2.32. The first-order valence-corrected chi connectivity index (χ1v) is 11.6. The number of ether oxygens (including phenoxy) is 2. The maximum absolute atomic E-state index is 13.0. The fourth-order valence-electron chi connectivity index (χ4n) is 4.12. The van der Waals surface area contributed by atoms with Crippen LogP contribution >= 0.6 is 11.6 Å². The van der Waals surface area contributed by atoms with E-state index in [-0.39, 0.29) is 24.5 Å². The first kappa shape index (κ1) is 24.5. The van der Waals surface area contributed by atoms with Crippen LogP contribution in [0, 0.1) is 6.92 Å². The lowest BCUT2D eigenvalue weighted by atomic mass is 9.95. The van der Waals surface area contributed by atoms with Crippen molar-refractivity contribution in [1.29, 1.82) is 0 Å². The molecule has 0 radical (unpaired) electrons. The molecule has 0 saturated carbocycles. The van der Waals surface area contributed by atoms with Crippen molar-refractivity contribution >= 4 is 29.1 Å². The van der Waals surface area contributed by atoms with Gasteiger partial charge in [0.25, 0.3) is 11.7 Å². The van der Waals surface area contributed by atoms with Gasteiger partial charge in [-0.3, -0.25) is 9.59 Å². The fourth-order valence-corrected chi connectivity index (χ4v) is 4.32. The zero-order chi connectivity index (χ0) is 24.9. The minimum absolute atomic E-state index is 0.0157. The summed E-state index contributed by atoms with van der Waals surface area (Å²) >= 11 is 6.19. The van der Waals surface area contributed by atoms with Crippen LogP contribution < -0.4 is 4.74 Å². The lowest BCUT2D eigenvalue weighted by molar-refractivity contribution is -0.140. The van der Waals surface area contributed by atoms with E-state index in [0.29, 0.717) is 28.5 Å². The minimum Gasteiger partial charge on any atom is -0.507 e. The molecule has 3 aromatic carbocycles. The standard InChI is InChI=1S/C28H26ClNO5/c1-18-6-3-4-7-21(18)17-35-23-12-10-19(11-13-23)26(31)24-25(20-8-5-9-22(29)16-20)30(14-15-34-2)28(33)27(24)32/h3-13,16,25,31H,14-15,17H2,1-2H3. The normalized spacial score (nSPS) is 17.1. The van der Waals surface area contributed by atoms with E-state index < -0.39 is 17.7 Å². The van der Waals surface area contributed by atoms with Crippen molar-refractivity contribution in [1.82, 2.24) is 4.90 Å². The zero-order valence-corrected chi connectivity index (χ0v) is 20.3. The van der Waals surface area contributed by atoms with Gasteiger partial charge in [-0.25, -0.2) is 0 Å². The van der Waals surface area contributed by atoms with Crippen molar-refractivity contribution in [2.24, 2.45) is 0 Å². The molecule has 0 bridgehead atoms. The predicted octanol–water partition coefficient (Wildman–Crippen LogP) is 5.30. The Hall–Kier alpha value is -3.61. The lowest BCUT2D eigenvalue weighted by Gasteiger charge is -2.25. The fraction of sp³-hybridized carbons (Fsp3) is 0.214. The average Bonchev–Trinajstić information content (AvgIpc) is 3.12. The summed E-state index contributed by atoms with van der Waals surface area (Å²) in [6.45, 7) is 2.88. The van der Waals surface area contributed by atoms with E-state index in [1.54, 1.807) is 48.5 Å². The first-order valence-electron chi connectivity index (χ1n) is 11.2. The molecule has 1 heterocycles. The summed E-state index contributed by atoms with van der Waals surface area (Å²) < 4.78 is 11.0. The first-order chi connectivity index (χ1) is 16.9. The summed E-state index contributed by atoms with van der Waals surface area (Å²) in [5, 5.41) is 11.6. The van der Waals surface area contributed by atoms with Crippen molar-refractivity contribution < 1.29 is 24.2 Å². The Morgan fingerprint density at radius 3 is 2.46 bits per heavy atom. The van der Waals surface area contributed by atoms with E-state index in [4.69, 9.17) is 21.1 Å². The highest BCUT2D eigenvalue weighted by atomic mass is 35.5. The Morgan fingerprint density at radius 1 is 1.03 bits per heavy atom. The van der Waals surface area contributed by atoms with E-state index in [9.17, 15) is 14.7 Å². The second-order valence-corrected chi connectivity index (χ2v) is 8.72. The molecular weight excluding hydrogens is 466 g/mol. The van der Waals surface area contributed by atoms with Gasteiger partial charge in [-0.2, -0.15) is 0 Å². The van der Waals surface area contributed by atoms with Gasteiger partial charge in [-0.05, 0) is 60.0 Å². The van der Waals surface area contributed by atoms with Gasteiger partial charge in [0.1, 0.15) is 18.1 Å². The number of amides is 1. The van der Waals surface area contributed by atoms with Gasteiger partial charge in [0.2, 0.25) is 0 Å². The quantitative estimate of drug-likeness (QED) is 0.263. The number of aliphatic hydroxyl groups excluding tert-OH is 1. The van der Waals surface area contributed by atoms with Crippen LogP contribution in [0.15, 0.2) is 78.4 Å². The number of hydrogen-bond donors (Lipinski definition) is 1. The number of carbonyl (C=O) groups is 2. The molecular formula is C28H26ClNO5. The summed E-state index contributed by atoms with van der Waals surface area (Å²) in [4.78, 5) is 27.3. The van der Waals surface area contributed by atoms with Crippen LogP contribution in [0.2, 0.25) is 5.02 Å². The van der Waals surface area contributed by atoms with E-state index in [0.717, 1.165) is 11.1 Å². The van der Waals surface area contributed by atoms with Crippen LogP contribution in [0.4, 0.5) is 0 Å². The number of ketones is 1. The molecule has 1 aliphatic heterocycles. The maximum Gasteiger partial charge on any atom is 0.295 e. The van der Waals surface area contributed by atoms with Crippen LogP contribution in [0.3, 0.4) is 0 Å². The topological polar surface area (TPSA) is 76.1 Å². The van der Waals surface area contributed by atoms with Gasteiger partial charge >= 0.3 is 0 Å². The molecule has 1 fully saturated rings. The highest BCUT2D eigenvalue weighted by Gasteiger charge is 2.45. The number of hydrogen-bond acceptors (Lipinski definition) is 5. The molecule has 35 heavy (non-hydrogen) atoms. The predicted molar refractivity (Wildman–Crippen MR) is 134 cm³/mol. The molecule has 1 saturated heterocycles. The summed E-state index contributed by atoms with van der Waals surface area (Å²) in [6.07, 6.45) is 0. The molecule has 0 aromatic heterocycles. The number of nitrogens with zero attached hydrogens (tertiary/aromatic N) is 1. The Labute approximate surface area is 209 Å². The summed E-state index contributed by atoms with van der Waals surface area (Å²) in [7, 11) is 1.52. The third-order valence-corrected chi connectivity index (χ3v) is 6.26. The summed E-state index contributed by atoms with van der Waals surface area (Å²) in [5.74, 6) is -1.06. The number of aryl methyl sites for hydroxylation is 1. The Morgan fingerprint density at radius 2 is 1.77 bits per heavy atom. The zero-order valence-electron chi connectivity index (χ0n) is 19.5. The van der Waals surface area contributed by atoms with Gasteiger partial charge in [0, 0.05) is 24.2 Å². The molecule has 7 heteroatoms. The second-order valence-electron chi connectivity index (χ2n) is 8.28. The number of Topliss-reactive ketones (excluding diaryl/α,β-unsaturated/α-hetero) is 1. The van der Waals surface area contributed by atoms with Crippen molar-refractivity contribution in [3.05, 3.63) is 106 Å². The Kier molecular flexibility index (Phi) is 7.54. The van der Waals surface area contributed by atoms with Crippen molar-refractivity contribution in [3.63, 3.8) is 0 Å². The van der Waals surface area contributed by atoms with Crippen LogP contribution in [-0.2, 0) is 20.9 Å². The third kappa shape index (κ3) is 5.24. The number of aliphatic hydroxyl groups is 1.